The van der Waals surface area contributed by atoms with Crippen LogP contribution in [0.5, 0.6) is 17.2 Å². The first kappa shape index (κ1) is 36.9. The van der Waals surface area contributed by atoms with E-state index in [4.69, 9.17) is 25.8 Å². The van der Waals surface area contributed by atoms with Crippen LogP contribution in [0, 0.1) is 25.2 Å². The standard InChI is InChI=1S/C41H45ClN6O4/c1-28-32(6-3-7-36(28)37-8-4-9-39(29(37)2)50-15-5-13-48-14-11-35(49)24-48)26-52-41-18-40(51-25-31-16-30(19-43)20-45-21-31)33(17-38(41)42)22-44-12-10-34-23-46-27-47-34/h3-4,6-9,16-18,20-21,23,27,35,44,49H,5,10-15,22,24-26H2,1-2H3,(H,46,47)/t35-/m1/s1. The fourth-order valence-electron chi connectivity index (χ4n) is 6.45. The molecule has 0 amide bonds. The summed E-state index contributed by atoms with van der Waals surface area (Å²) in [5.74, 6) is 2.03. The molecule has 1 atom stereocenters. The number of aromatic nitrogens is 3. The quantitative estimate of drug-likeness (QED) is 0.0876. The molecule has 0 aliphatic carbocycles. The Morgan fingerprint density at radius 1 is 0.942 bits per heavy atom. The third-order valence-electron chi connectivity index (χ3n) is 9.40. The molecule has 0 unspecified atom stereocenters. The van der Waals surface area contributed by atoms with E-state index in [-0.39, 0.29) is 12.7 Å². The van der Waals surface area contributed by atoms with E-state index in [2.05, 4.69) is 69.4 Å². The lowest BCUT2D eigenvalue weighted by Gasteiger charge is -2.19. The van der Waals surface area contributed by atoms with E-state index >= 15 is 0 Å². The Morgan fingerprint density at radius 2 is 1.77 bits per heavy atom. The lowest BCUT2D eigenvalue weighted by molar-refractivity contribution is 0.173. The number of rotatable bonds is 17. The molecule has 1 fully saturated rings. The summed E-state index contributed by atoms with van der Waals surface area (Å²) in [5, 5.41) is 23.1. The number of hydrogen-bond acceptors (Lipinski definition) is 9. The molecule has 0 bridgehead atoms. The molecule has 0 radical (unpaired) electrons. The van der Waals surface area contributed by atoms with Gasteiger partial charge in [0.25, 0.3) is 0 Å². The Morgan fingerprint density at radius 3 is 2.56 bits per heavy atom. The minimum Gasteiger partial charge on any atom is -0.493 e. The van der Waals surface area contributed by atoms with Crippen LogP contribution in [0.25, 0.3) is 11.1 Å². The summed E-state index contributed by atoms with van der Waals surface area (Å²) in [7, 11) is 0. The van der Waals surface area contributed by atoms with Crippen LogP contribution in [0.1, 0.15) is 51.9 Å². The molecule has 3 N–H and O–H groups in total. The summed E-state index contributed by atoms with van der Waals surface area (Å²) >= 11 is 6.82. The first-order valence-electron chi connectivity index (χ1n) is 17.7. The normalized spacial score (nSPS) is 14.3. The summed E-state index contributed by atoms with van der Waals surface area (Å²) in [6.45, 7) is 9.28. The molecule has 0 spiro atoms. The van der Waals surface area contributed by atoms with Gasteiger partial charge in [-0.05, 0) is 72.7 Å². The number of halogens is 1. The Balaban J connectivity index is 1.14. The zero-order valence-corrected chi connectivity index (χ0v) is 30.5. The van der Waals surface area contributed by atoms with E-state index in [1.54, 1.807) is 18.6 Å². The van der Waals surface area contributed by atoms with Gasteiger partial charge in [0.15, 0.2) is 0 Å². The van der Waals surface area contributed by atoms with Gasteiger partial charge in [-0.2, -0.15) is 5.26 Å². The van der Waals surface area contributed by atoms with Gasteiger partial charge in [-0.3, -0.25) is 4.98 Å². The fourth-order valence-corrected chi connectivity index (χ4v) is 6.69. The number of pyridine rings is 1. The summed E-state index contributed by atoms with van der Waals surface area (Å²) < 4.78 is 18.9. The minimum absolute atomic E-state index is 0.201. The molecule has 1 aliphatic heterocycles. The van der Waals surface area contributed by atoms with Crippen molar-refractivity contribution in [2.75, 3.05) is 32.8 Å². The van der Waals surface area contributed by atoms with E-state index in [1.807, 2.05) is 30.5 Å². The van der Waals surface area contributed by atoms with Gasteiger partial charge >= 0.3 is 0 Å². The molecule has 1 saturated heterocycles. The number of imidazole rings is 1. The van der Waals surface area contributed by atoms with Crippen LogP contribution in [-0.4, -0.2) is 63.8 Å². The molecule has 2 aromatic heterocycles. The highest BCUT2D eigenvalue weighted by Gasteiger charge is 2.20. The molecular formula is C41H45ClN6O4. The van der Waals surface area contributed by atoms with Crippen molar-refractivity contribution in [2.24, 2.45) is 0 Å². The molecule has 11 heteroatoms. The predicted octanol–water partition coefficient (Wildman–Crippen LogP) is 6.94. The van der Waals surface area contributed by atoms with Gasteiger partial charge in [0, 0.05) is 80.6 Å². The third kappa shape index (κ3) is 9.69. The summed E-state index contributed by atoms with van der Waals surface area (Å²) in [6, 6.07) is 20.1. The average molecular weight is 721 g/mol. The molecule has 0 saturated carbocycles. The van der Waals surface area contributed by atoms with Crippen molar-refractivity contribution in [3.63, 3.8) is 0 Å². The number of aliphatic hydroxyl groups excluding tert-OH is 1. The number of nitrogens with zero attached hydrogens (tertiary/aromatic N) is 4. The number of likely N-dealkylation sites (tertiary alicyclic amines) is 1. The topological polar surface area (TPSA) is 129 Å². The van der Waals surface area contributed by atoms with Crippen molar-refractivity contribution in [2.45, 2.75) is 59.0 Å². The molecule has 3 aromatic carbocycles. The van der Waals surface area contributed by atoms with E-state index in [9.17, 15) is 10.4 Å². The van der Waals surface area contributed by atoms with Crippen molar-refractivity contribution in [1.29, 1.82) is 5.26 Å². The first-order valence-corrected chi connectivity index (χ1v) is 18.1. The zero-order chi connectivity index (χ0) is 36.3. The fraction of sp³-hybridized carbons (Fsp3) is 0.341. The number of aliphatic hydroxyl groups is 1. The third-order valence-corrected chi connectivity index (χ3v) is 9.70. The number of ether oxygens (including phenoxy) is 3. The molecule has 5 aromatic rings. The lowest BCUT2D eigenvalue weighted by atomic mass is 9.93. The van der Waals surface area contributed by atoms with Crippen molar-refractivity contribution >= 4 is 11.6 Å². The van der Waals surface area contributed by atoms with Gasteiger partial charge in [0.1, 0.15) is 36.5 Å². The smallest absolute Gasteiger partial charge is 0.142 e. The number of nitrogens with one attached hydrogen (secondary N) is 2. The van der Waals surface area contributed by atoms with E-state index in [0.29, 0.717) is 41.8 Å². The number of benzene rings is 3. The van der Waals surface area contributed by atoms with Gasteiger partial charge in [-0.25, -0.2) is 4.98 Å². The Kier molecular flexibility index (Phi) is 12.8. The molecule has 270 valence electrons. The van der Waals surface area contributed by atoms with Crippen LogP contribution in [0.4, 0.5) is 0 Å². The lowest BCUT2D eigenvalue weighted by Crippen LogP contribution is -2.24. The SMILES string of the molecule is Cc1c(COc2cc(OCc3cncc(C#N)c3)c(CNCCc3cnc[nH]3)cc2Cl)cccc1-c1cccc(OCCCN2CC[C@@H](O)C2)c1C. The number of H-pyrrole nitrogens is 1. The molecule has 10 nitrogen and oxygen atoms in total. The summed E-state index contributed by atoms with van der Waals surface area (Å²) in [5.41, 5.74) is 8.69. The van der Waals surface area contributed by atoms with Gasteiger partial charge < -0.3 is 34.5 Å². The van der Waals surface area contributed by atoms with Crippen molar-refractivity contribution in [3.05, 3.63) is 124 Å². The Labute approximate surface area is 310 Å². The first-order chi connectivity index (χ1) is 25.4. The van der Waals surface area contributed by atoms with Crippen LogP contribution in [-0.2, 0) is 26.2 Å². The van der Waals surface area contributed by atoms with Crippen LogP contribution >= 0.6 is 11.6 Å². The number of hydrogen-bond donors (Lipinski definition) is 3. The molecular weight excluding hydrogens is 676 g/mol. The molecule has 1 aliphatic rings. The average Bonchev–Trinajstić information content (AvgIpc) is 3.84. The summed E-state index contributed by atoms with van der Waals surface area (Å²) in [4.78, 5) is 13.7. The second kappa shape index (κ2) is 18.0. The molecule has 6 rings (SSSR count). The van der Waals surface area contributed by atoms with E-state index in [1.165, 1.54) is 6.20 Å². The summed E-state index contributed by atoms with van der Waals surface area (Å²) in [6.07, 6.45) is 9.08. The van der Waals surface area contributed by atoms with Crippen LogP contribution in [0.2, 0.25) is 5.02 Å². The van der Waals surface area contributed by atoms with Crippen molar-refractivity contribution < 1.29 is 19.3 Å². The van der Waals surface area contributed by atoms with Gasteiger partial charge in [0.05, 0.1) is 29.6 Å². The Hall–Kier alpha value is -4.92. The van der Waals surface area contributed by atoms with Crippen molar-refractivity contribution in [3.8, 4) is 34.4 Å². The molecule has 52 heavy (non-hydrogen) atoms. The highest BCUT2D eigenvalue weighted by atomic mass is 35.5. The number of aromatic amines is 1. The van der Waals surface area contributed by atoms with E-state index < -0.39 is 0 Å². The Bertz CT molecular complexity index is 1980. The van der Waals surface area contributed by atoms with E-state index in [0.717, 1.165) is 95.8 Å². The highest BCUT2D eigenvalue weighted by molar-refractivity contribution is 6.32. The van der Waals surface area contributed by atoms with Gasteiger partial charge in [-0.1, -0.05) is 41.9 Å². The van der Waals surface area contributed by atoms with Gasteiger partial charge in [0.2, 0.25) is 0 Å². The van der Waals surface area contributed by atoms with Crippen LogP contribution < -0.4 is 19.5 Å². The largest absolute Gasteiger partial charge is 0.493 e. The maximum absolute atomic E-state index is 9.80. The zero-order valence-electron chi connectivity index (χ0n) is 29.7. The second-order valence-electron chi connectivity index (χ2n) is 13.1. The number of β-amino-alcohol motifs (C(OH)–C–C–N with tert-alkyl or cyclic N) is 1. The van der Waals surface area contributed by atoms with Crippen LogP contribution in [0.15, 0.2) is 79.5 Å². The number of nitriles is 1. The maximum atomic E-state index is 9.80. The van der Waals surface area contributed by atoms with Crippen LogP contribution in [0.3, 0.4) is 0 Å². The monoisotopic (exact) mass is 720 g/mol. The predicted molar refractivity (Wildman–Crippen MR) is 202 cm³/mol. The van der Waals surface area contributed by atoms with Gasteiger partial charge in [-0.15, -0.1) is 0 Å². The molecule has 3 heterocycles. The minimum atomic E-state index is -0.201. The van der Waals surface area contributed by atoms with Crippen molar-refractivity contribution in [1.82, 2.24) is 25.2 Å². The maximum Gasteiger partial charge on any atom is 0.142 e. The highest BCUT2D eigenvalue weighted by Crippen LogP contribution is 2.36. The second-order valence-corrected chi connectivity index (χ2v) is 13.5.